The molecule has 1 N–H and O–H groups in total. The minimum Gasteiger partial charge on any atom is -0.368 e. The molecule has 0 aliphatic carbocycles. The van der Waals surface area contributed by atoms with Crippen LogP contribution in [0.5, 0.6) is 0 Å². The average molecular weight is 273 g/mol. The van der Waals surface area contributed by atoms with E-state index < -0.39 is 27.1 Å². The number of carbonyl (C=O) groups excluding carboxylic acids is 1. The van der Waals surface area contributed by atoms with E-state index >= 15 is 0 Å². The molecular formula is C11H12FNO4S. The summed E-state index contributed by atoms with van der Waals surface area (Å²) in [6, 6.07) is 5.33. The van der Waals surface area contributed by atoms with Crippen LogP contribution in [0.25, 0.3) is 0 Å². The molecule has 1 aliphatic heterocycles. The Labute approximate surface area is 104 Å². The molecular weight excluding hydrogens is 261 g/mol. The van der Waals surface area contributed by atoms with Gasteiger partial charge >= 0.3 is 10.2 Å². The molecule has 1 amide bonds. The molecule has 0 bridgehead atoms. The zero-order valence-corrected chi connectivity index (χ0v) is 10.2. The fourth-order valence-corrected chi connectivity index (χ4v) is 2.40. The normalized spacial score (nSPS) is 19.7. The molecule has 1 heterocycles. The maximum atomic E-state index is 13.0. The van der Waals surface area contributed by atoms with Gasteiger partial charge in [-0.1, -0.05) is 12.1 Å². The number of hydrogen-bond donors (Lipinski definition) is 1. The molecule has 1 atom stereocenters. The van der Waals surface area contributed by atoms with Crippen molar-refractivity contribution in [2.45, 2.75) is 23.8 Å². The van der Waals surface area contributed by atoms with Crippen LogP contribution in [0.1, 0.15) is 12.8 Å². The van der Waals surface area contributed by atoms with Gasteiger partial charge in [-0.05, 0) is 25.0 Å². The van der Waals surface area contributed by atoms with E-state index in [0.717, 1.165) is 12.5 Å². The first kappa shape index (κ1) is 13.0. The zero-order chi connectivity index (χ0) is 13.2. The minimum atomic E-state index is -4.86. The number of halogens is 1. The van der Waals surface area contributed by atoms with E-state index in [9.17, 15) is 17.1 Å². The number of amides is 1. The van der Waals surface area contributed by atoms with Gasteiger partial charge in [-0.15, -0.1) is 3.89 Å². The van der Waals surface area contributed by atoms with E-state index in [2.05, 4.69) is 5.32 Å². The summed E-state index contributed by atoms with van der Waals surface area (Å²) in [5, 5.41) is 2.38. The zero-order valence-electron chi connectivity index (χ0n) is 9.43. The lowest BCUT2D eigenvalue weighted by Gasteiger charge is -2.12. The number of benzene rings is 1. The summed E-state index contributed by atoms with van der Waals surface area (Å²) in [5.74, 6) is -0.455. The Hall–Kier alpha value is -1.47. The Kier molecular flexibility index (Phi) is 3.63. The lowest BCUT2D eigenvalue weighted by Crippen LogP contribution is -2.27. The van der Waals surface area contributed by atoms with Gasteiger partial charge in [0.1, 0.15) is 11.0 Å². The fourth-order valence-electron chi connectivity index (χ4n) is 1.78. The number of hydrogen-bond acceptors (Lipinski definition) is 4. The highest BCUT2D eigenvalue weighted by Crippen LogP contribution is 2.23. The molecule has 1 fully saturated rings. The summed E-state index contributed by atoms with van der Waals surface area (Å²) in [6.07, 6.45) is 0.762. The van der Waals surface area contributed by atoms with Crippen molar-refractivity contribution in [1.82, 2.24) is 0 Å². The number of anilines is 1. The van der Waals surface area contributed by atoms with Gasteiger partial charge in [-0.3, -0.25) is 4.79 Å². The molecule has 7 heteroatoms. The maximum Gasteiger partial charge on any atom is 0.334 e. The summed E-state index contributed by atoms with van der Waals surface area (Å²) in [7, 11) is -4.86. The van der Waals surface area contributed by atoms with Crippen LogP contribution >= 0.6 is 0 Å². The van der Waals surface area contributed by atoms with Crippen LogP contribution in [0.4, 0.5) is 9.57 Å². The maximum absolute atomic E-state index is 13.0. The molecule has 0 spiro atoms. The topological polar surface area (TPSA) is 72.5 Å². The first-order valence-corrected chi connectivity index (χ1v) is 6.83. The van der Waals surface area contributed by atoms with Gasteiger partial charge in [0.15, 0.2) is 0 Å². The van der Waals surface area contributed by atoms with Crippen LogP contribution in [-0.4, -0.2) is 27.0 Å². The fraction of sp³-hybridized carbons (Fsp3) is 0.364. The van der Waals surface area contributed by atoms with Crippen LogP contribution < -0.4 is 5.32 Å². The first-order valence-electron chi connectivity index (χ1n) is 5.44. The van der Waals surface area contributed by atoms with Crippen LogP contribution in [0.15, 0.2) is 29.2 Å². The van der Waals surface area contributed by atoms with Crippen molar-refractivity contribution in [2.75, 3.05) is 11.9 Å². The van der Waals surface area contributed by atoms with Crippen LogP contribution in [0.3, 0.4) is 0 Å². The second kappa shape index (κ2) is 5.03. The predicted molar refractivity (Wildman–Crippen MR) is 62.3 cm³/mol. The molecule has 1 aromatic carbocycles. The van der Waals surface area contributed by atoms with Crippen molar-refractivity contribution in [3.63, 3.8) is 0 Å². The quantitative estimate of drug-likeness (QED) is 0.846. The third-order valence-corrected chi connectivity index (χ3v) is 3.51. The third-order valence-electron chi connectivity index (χ3n) is 2.63. The highest BCUT2D eigenvalue weighted by molar-refractivity contribution is 7.86. The second-order valence-corrected chi connectivity index (χ2v) is 5.24. The van der Waals surface area contributed by atoms with Crippen molar-refractivity contribution in [3.05, 3.63) is 24.3 Å². The number of nitrogens with one attached hydrogen (secondary N) is 1. The number of ether oxygens (including phenoxy) is 1. The van der Waals surface area contributed by atoms with Crippen molar-refractivity contribution < 1.29 is 21.8 Å². The van der Waals surface area contributed by atoms with E-state index in [4.69, 9.17) is 4.74 Å². The summed E-state index contributed by atoms with van der Waals surface area (Å²) >= 11 is 0. The number of para-hydroxylation sites is 1. The van der Waals surface area contributed by atoms with Crippen LogP contribution in [0, 0.1) is 0 Å². The SMILES string of the molecule is O=C(Nc1ccccc1S(=O)(=O)F)C1CCCO1. The van der Waals surface area contributed by atoms with Gasteiger partial charge in [0.05, 0.1) is 5.69 Å². The molecule has 18 heavy (non-hydrogen) atoms. The van der Waals surface area contributed by atoms with Gasteiger partial charge in [-0.25, -0.2) is 0 Å². The predicted octanol–water partition coefficient (Wildman–Crippen LogP) is 1.46. The Morgan fingerprint density at radius 1 is 1.39 bits per heavy atom. The molecule has 1 unspecified atom stereocenters. The van der Waals surface area contributed by atoms with E-state index in [0.29, 0.717) is 13.0 Å². The van der Waals surface area contributed by atoms with E-state index in [1.54, 1.807) is 0 Å². The average Bonchev–Trinajstić information content (AvgIpc) is 2.81. The standard InChI is InChI=1S/C11H12FNO4S/c12-18(15,16)10-6-2-1-4-8(10)13-11(14)9-5-3-7-17-9/h1-2,4,6,9H,3,5,7H2,(H,13,14). The Bertz CT molecular complexity index is 552. The summed E-state index contributed by atoms with van der Waals surface area (Å²) in [4.78, 5) is 11.2. The molecule has 1 saturated heterocycles. The molecule has 0 radical (unpaired) electrons. The van der Waals surface area contributed by atoms with Crippen LogP contribution in [-0.2, 0) is 19.8 Å². The van der Waals surface area contributed by atoms with Gasteiger partial charge in [0.2, 0.25) is 0 Å². The molecule has 1 aromatic rings. The highest BCUT2D eigenvalue weighted by Gasteiger charge is 2.25. The van der Waals surface area contributed by atoms with Gasteiger partial charge in [0.25, 0.3) is 5.91 Å². The van der Waals surface area contributed by atoms with Gasteiger partial charge < -0.3 is 10.1 Å². The first-order chi connectivity index (χ1) is 8.48. The van der Waals surface area contributed by atoms with Crippen molar-refractivity contribution in [2.24, 2.45) is 0 Å². The Morgan fingerprint density at radius 2 is 2.11 bits per heavy atom. The van der Waals surface area contributed by atoms with Crippen molar-refractivity contribution >= 4 is 21.8 Å². The molecule has 98 valence electrons. The molecule has 1 aliphatic rings. The third kappa shape index (κ3) is 2.85. The van der Waals surface area contributed by atoms with E-state index in [1.165, 1.54) is 18.2 Å². The van der Waals surface area contributed by atoms with Crippen molar-refractivity contribution in [1.29, 1.82) is 0 Å². The Morgan fingerprint density at radius 3 is 2.72 bits per heavy atom. The monoisotopic (exact) mass is 273 g/mol. The van der Waals surface area contributed by atoms with Gasteiger partial charge in [0, 0.05) is 6.61 Å². The number of rotatable bonds is 3. The summed E-state index contributed by atoms with van der Waals surface area (Å²) in [5.41, 5.74) is -0.0690. The van der Waals surface area contributed by atoms with E-state index in [-0.39, 0.29) is 5.69 Å². The summed E-state index contributed by atoms with van der Waals surface area (Å²) in [6.45, 7) is 0.501. The van der Waals surface area contributed by atoms with Gasteiger partial charge in [-0.2, -0.15) is 8.42 Å². The Balaban J connectivity index is 2.21. The lowest BCUT2D eigenvalue weighted by atomic mass is 10.2. The largest absolute Gasteiger partial charge is 0.368 e. The van der Waals surface area contributed by atoms with Crippen LogP contribution in [0.2, 0.25) is 0 Å². The molecule has 0 saturated carbocycles. The smallest absolute Gasteiger partial charge is 0.334 e. The lowest BCUT2D eigenvalue weighted by molar-refractivity contribution is -0.124. The molecule has 0 aromatic heterocycles. The molecule has 5 nitrogen and oxygen atoms in total. The minimum absolute atomic E-state index is 0.0690. The summed E-state index contributed by atoms with van der Waals surface area (Å²) < 4.78 is 40.0. The molecule has 2 rings (SSSR count). The van der Waals surface area contributed by atoms with Crippen molar-refractivity contribution in [3.8, 4) is 0 Å². The van der Waals surface area contributed by atoms with E-state index in [1.807, 2.05) is 0 Å². The second-order valence-electron chi connectivity index (χ2n) is 3.92. The number of carbonyl (C=O) groups is 1. The highest BCUT2D eigenvalue weighted by atomic mass is 32.3.